The number of alkyl halides is 3. The zero-order valence-corrected chi connectivity index (χ0v) is 10.3. The van der Waals surface area contributed by atoms with Gasteiger partial charge in [-0.2, -0.15) is 15.0 Å². The second-order valence-corrected chi connectivity index (χ2v) is 3.88. The van der Waals surface area contributed by atoms with Gasteiger partial charge in [-0.25, -0.2) is 10.6 Å². The molecule has 0 aromatic carbocycles. The first-order valence-corrected chi connectivity index (χ1v) is 5.38. The number of aromatic nitrogens is 4. The number of hydrogen-bond acceptors (Lipinski definition) is 6. The molecule has 0 amide bonds. The zero-order valence-electron chi connectivity index (χ0n) is 9.52. The van der Waals surface area contributed by atoms with Crippen LogP contribution in [0.25, 0.3) is 11.5 Å². The molecule has 3 N–H and O–H groups in total. The molecule has 0 radical (unpaired) electrons. The van der Waals surface area contributed by atoms with Gasteiger partial charge in [0.2, 0.25) is 0 Å². The van der Waals surface area contributed by atoms with Gasteiger partial charge in [-0.3, -0.25) is 9.97 Å². The van der Waals surface area contributed by atoms with Gasteiger partial charge in [0.15, 0.2) is 5.82 Å². The van der Waals surface area contributed by atoms with E-state index in [-0.39, 0.29) is 16.5 Å². The van der Waals surface area contributed by atoms with Crippen LogP contribution in [0, 0.1) is 0 Å². The zero-order chi connectivity index (χ0) is 14.9. The first-order chi connectivity index (χ1) is 9.29. The Bertz CT molecular complexity index is 688. The summed E-state index contributed by atoms with van der Waals surface area (Å²) < 4.78 is 37.3. The summed E-state index contributed by atoms with van der Waals surface area (Å²) in [6.45, 7) is 0. The van der Waals surface area contributed by atoms with E-state index in [1.807, 2.05) is 0 Å². The van der Waals surface area contributed by atoms with Crippen LogP contribution in [-0.2, 0) is 0 Å². The molecule has 0 aliphatic rings. The Morgan fingerprint density at radius 2 is 2.05 bits per heavy atom. The third-order valence-corrected chi connectivity index (χ3v) is 2.42. The molecule has 0 aliphatic heterocycles. The number of aromatic amines is 1. The summed E-state index contributed by atoms with van der Waals surface area (Å²) in [5.41, 5.74) is -1.06. The molecule has 2 aromatic heterocycles. The summed E-state index contributed by atoms with van der Waals surface area (Å²) >= 11 is 5.82. The number of anilines is 1. The number of halogens is 4. The molecule has 20 heavy (non-hydrogen) atoms. The first kappa shape index (κ1) is 14.2. The Morgan fingerprint density at radius 3 is 2.65 bits per heavy atom. The van der Waals surface area contributed by atoms with Gasteiger partial charge in [0, 0.05) is 6.20 Å². The monoisotopic (exact) mass is 306 g/mol. The van der Waals surface area contributed by atoms with E-state index in [0.29, 0.717) is 0 Å². The van der Waals surface area contributed by atoms with Crippen molar-refractivity contribution in [1.29, 1.82) is 0 Å². The van der Waals surface area contributed by atoms with Gasteiger partial charge in [0.25, 0.3) is 5.95 Å². The molecule has 106 valence electrons. The molecule has 0 bridgehead atoms. The van der Waals surface area contributed by atoms with Crippen molar-refractivity contribution in [2.24, 2.45) is 5.84 Å². The molecule has 2 rings (SSSR count). The normalized spacial score (nSPS) is 11.4. The van der Waals surface area contributed by atoms with E-state index in [1.54, 1.807) is 0 Å². The van der Waals surface area contributed by atoms with Crippen LogP contribution < -0.4 is 16.5 Å². The van der Waals surface area contributed by atoms with Crippen molar-refractivity contribution < 1.29 is 13.2 Å². The first-order valence-electron chi connectivity index (χ1n) is 5.00. The minimum atomic E-state index is -4.93. The summed E-state index contributed by atoms with van der Waals surface area (Å²) in [4.78, 5) is 23.8. The summed E-state index contributed by atoms with van der Waals surface area (Å²) in [6, 6.07) is 2.95. The molecule has 2 heterocycles. The van der Waals surface area contributed by atoms with E-state index in [1.165, 1.54) is 18.3 Å². The molecule has 0 spiro atoms. The van der Waals surface area contributed by atoms with Crippen LogP contribution >= 0.6 is 11.6 Å². The smallest absolute Gasteiger partial charge is 0.288 e. The number of rotatable bonds is 2. The highest BCUT2D eigenvalue weighted by molar-refractivity contribution is 6.32. The highest BCUT2D eigenvalue weighted by Crippen LogP contribution is 2.24. The minimum absolute atomic E-state index is 0.00508. The van der Waals surface area contributed by atoms with Gasteiger partial charge in [-0.1, -0.05) is 11.6 Å². The number of hydrogen-bond donors (Lipinski definition) is 2. The van der Waals surface area contributed by atoms with Gasteiger partial charge in [0.05, 0.1) is 5.02 Å². The third-order valence-electron chi connectivity index (χ3n) is 2.11. The molecule has 0 saturated carbocycles. The number of nitrogens with zero attached hydrogens (tertiary/aromatic N) is 4. The van der Waals surface area contributed by atoms with Crippen LogP contribution in [0.5, 0.6) is 0 Å². The van der Waals surface area contributed by atoms with Gasteiger partial charge >= 0.3 is 12.0 Å². The van der Waals surface area contributed by atoms with Crippen molar-refractivity contribution in [1.82, 2.24) is 19.9 Å². The van der Waals surface area contributed by atoms with Crippen molar-refractivity contribution in [2.75, 3.05) is 5.01 Å². The molecule has 0 unspecified atom stereocenters. The Morgan fingerprint density at radius 1 is 1.35 bits per heavy atom. The van der Waals surface area contributed by atoms with Crippen molar-refractivity contribution in [3.63, 3.8) is 0 Å². The lowest BCUT2D eigenvalue weighted by atomic mass is 10.3. The summed E-state index contributed by atoms with van der Waals surface area (Å²) in [7, 11) is 0. The molecule has 2 aromatic rings. The Kier molecular flexibility index (Phi) is 3.59. The number of H-pyrrole nitrogens is 1. The molecule has 0 saturated heterocycles. The summed E-state index contributed by atoms with van der Waals surface area (Å²) in [5.74, 6) is 3.51. The maximum atomic E-state index is 12.4. The topological polar surface area (TPSA) is 101 Å². The van der Waals surface area contributed by atoms with Crippen molar-refractivity contribution in [3.05, 3.63) is 33.8 Å². The lowest BCUT2D eigenvalue weighted by molar-refractivity contribution is -0.130. The molecule has 0 atom stereocenters. The largest absolute Gasteiger partial charge is 0.501 e. The lowest BCUT2D eigenvalue weighted by Gasteiger charge is -2.18. The van der Waals surface area contributed by atoms with Gasteiger partial charge in [-0.15, -0.1) is 13.2 Å². The van der Waals surface area contributed by atoms with Crippen molar-refractivity contribution >= 4 is 17.5 Å². The maximum absolute atomic E-state index is 12.4. The predicted octanol–water partition coefficient (Wildman–Crippen LogP) is 1.08. The third kappa shape index (κ3) is 2.86. The van der Waals surface area contributed by atoms with Crippen LogP contribution in [0.1, 0.15) is 0 Å². The maximum Gasteiger partial charge on any atom is 0.501 e. The van der Waals surface area contributed by atoms with E-state index < -0.39 is 22.9 Å². The molecule has 0 aliphatic carbocycles. The molecule has 0 fully saturated rings. The van der Waals surface area contributed by atoms with E-state index in [9.17, 15) is 18.0 Å². The average molecular weight is 307 g/mol. The second kappa shape index (κ2) is 5.06. The van der Waals surface area contributed by atoms with Crippen LogP contribution in [0.3, 0.4) is 0 Å². The SMILES string of the molecule is NN(c1nc(-c2ncccc2Cl)[nH]c(=O)n1)C(F)(F)F. The predicted molar refractivity (Wildman–Crippen MR) is 63.6 cm³/mol. The van der Waals surface area contributed by atoms with E-state index in [2.05, 4.69) is 19.9 Å². The second-order valence-electron chi connectivity index (χ2n) is 3.47. The molecular formula is C9H6ClF3N6O. The van der Waals surface area contributed by atoms with Crippen LogP contribution in [-0.4, -0.2) is 26.2 Å². The van der Waals surface area contributed by atoms with Gasteiger partial charge < -0.3 is 0 Å². The fourth-order valence-electron chi connectivity index (χ4n) is 1.27. The number of nitrogens with two attached hydrogens (primary N) is 1. The van der Waals surface area contributed by atoms with Gasteiger partial charge in [0.1, 0.15) is 5.69 Å². The number of nitrogens with one attached hydrogen (secondary N) is 1. The fourth-order valence-corrected chi connectivity index (χ4v) is 1.48. The highest BCUT2D eigenvalue weighted by atomic mass is 35.5. The van der Waals surface area contributed by atoms with Gasteiger partial charge in [-0.05, 0) is 12.1 Å². The van der Waals surface area contributed by atoms with Crippen molar-refractivity contribution in [3.8, 4) is 11.5 Å². The average Bonchev–Trinajstić information content (AvgIpc) is 2.36. The Hall–Kier alpha value is -2.20. The quantitative estimate of drug-likeness (QED) is 0.489. The lowest BCUT2D eigenvalue weighted by Crippen LogP contribution is -2.46. The number of pyridine rings is 1. The van der Waals surface area contributed by atoms with Crippen LogP contribution in [0.2, 0.25) is 5.02 Å². The van der Waals surface area contributed by atoms with Crippen LogP contribution in [0.4, 0.5) is 19.1 Å². The molecule has 11 heteroatoms. The van der Waals surface area contributed by atoms with Crippen molar-refractivity contribution in [2.45, 2.75) is 6.30 Å². The fraction of sp³-hybridized carbons (Fsp3) is 0.111. The summed E-state index contributed by atoms with van der Waals surface area (Å²) in [6.07, 6.45) is -3.59. The number of hydrazine groups is 1. The molecule has 7 nitrogen and oxygen atoms in total. The standard InChI is InChI=1S/C9H6ClF3N6O/c10-4-2-1-3-15-5(4)6-16-7(18-8(20)17-6)19(14)9(11,12)13/h1-3H,14H2,(H,16,17,18,20). The Labute approximate surface area is 114 Å². The van der Waals surface area contributed by atoms with Crippen LogP contribution in [0.15, 0.2) is 23.1 Å². The van der Waals surface area contributed by atoms with E-state index in [4.69, 9.17) is 17.4 Å². The molecular weight excluding hydrogens is 301 g/mol. The minimum Gasteiger partial charge on any atom is -0.288 e. The highest BCUT2D eigenvalue weighted by Gasteiger charge is 2.38. The van der Waals surface area contributed by atoms with E-state index >= 15 is 0 Å². The summed E-state index contributed by atoms with van der Waals surface area (Å²) in [5, 5.41) is -0.578. The Balaban J connectivity index is 2.56. The van der Waals surface area contributed by atoms with E-state index in [0.717, 1.165) is 0 Å².